The molecule has 1 N–H and O–H groups in total. The van der Waals surface area contributed by atoms with Gasteiger partial charge >= 0.3 is 0 Å². The van der Waals surface area contributed by atoms with Crippen LogP contribution in [0.3, 0.4) is 0 Å². The average molecular weight is 328 g/mol. The van der Waals surface area contributed by atoms with Gasteiger partial charge in [0.1, 0.15) is 11.9 Å². The van der Waals surface area contributed by atoms with Crippen LogP contribution in [-0.2, 0) is 16.1 Å². The molecule has 126 valence electrons. The molecule has 2 saturated heterocycles. The number of nitrogens with zero attached hydrogens (tertiary/aromatic N) is 3. The van der Waals surface area contributed by atoms with Crippen molar-refractivity contribution < 1.29 is 13.9 Å². The van der Waals surface area contributed by atoms with E-state index in [-0.39, 0.29) is 18.1 Å². The zero-order valence-electron chi connectivity index (χ0n) is 13.3. The Kier molecular flexibility index (Phi) is 4.17. The lowest BCUT2D eigenvalue weighted by Crippen LogP contribution is -2.48. The second-order valence-electron chi connectivity index (χ2n) is 6.14. The first kappa shape index (κ1) is 15.1. The maximum atomic E-state index is 12.3. The molecule has 0 aliphatic carbocycles. The highest BCUT2D eigenvalue weighted by Crippen LogP contribution is 2.33. The minimum atomic E-state index is -0.391. The van der Waals surface area contributed by atoms with Crippen molar-refractivity contribution in [3.05, 3.63) is 42.6 Å². The Bertz CT molecular complexity index is 676. The molecule has 0 bridgehead atoms. The van der Waals surface area contributed by atoms with Gasteiger partial charge in [-0.25, -0.2) is 9.97 Å². The monoisotopic (exact) mass is 328 g/mol. The fourth-order valence-electron chi connectivity index (χ4n) is 3.51. The SMILES string of the molecule is O=C(NCc1ccco1)[C@@H]1CC[C@H]2[C@H](CCN2c2ncccn2)O1. The van der Waals surface area contributed by atoms with Crippen LogP contribution in [-0.4, -0.2) is 40.7 Å². The molecule has 0 spiro atoms. The molecular formula is C17H20N4O3. The summed E-state index contributed by atoms with van der Waals surface area (Å²) in [6.07, 6.45) is 7.28. The Morgan fingerprint density at radius 3 is 2.92 bits per heavy atom. The topological polar surface area (TPSA) is 80.5 Å². The van der Waals surface area contributed by atoms with Crippen LogP contribution in [0.15, 0.2) is 41.3 Å². The summed E-state index contributed by atoms with van der Waals surface area (Å²) < 4.78 is 11.3. The minimum Gasteiger partial charge on any atom is -0.467 e. The number of nitrogens with one attached hydrogen (secondary N) is 1. The number of anilines is 1. The second kappa shape index (κ2) is 6.60. The Morgan fingerprint density at radius 1 is 1.25 bits per heavy atom. The van der Waals surface area contributed by atoms with E-state index in [9.17, 15) is 4.79 Å². The highest BCUT2D eigenvalue weighted by Gasteiger charge is 2.42. The lowest BCUT2D eigenvalue weighted by molar-refractivity contribution is -0.141. The van der Waals surface area contributed by atoms with E-state index in [0.29, 0.717) is 13.0 Å². The summed E-state index contributed by atoms with van der Waals surface area (Å²) >= 11 is 0. The molecular weight excluding hydrogens is 308 g/mol. The van der Waals surface area contributed by atoms with Crippen molar-refractivity contribution in [3.63, 3.8) is 0 Å². The summed E-state index contributed by atoms with van der Waals surface area (Å²) in [6, 6.07) is 5.71. The van der Waals surface area contributed by atoms with E-state index in [1.54, 1.807) is 18.7 Å². The molecule has 4 heterocycles. The lowest BCUT2D eigenvalue weighted by atomic mass is 9.98. The van der Waals surface area contributed by atoms with Gasteiger partial charge in [-0.3, -0.25) is 4.79 Å². The normalized spacial score (nSPS) is 26.2. The lowest BCUT2D eigenvalue weighted by Gasteiger charge is -2.35. The molecule has 24 heavy (non-hydrogen) atoms. The van der Waals surface area contributed by atoms with Crippen LogP contribution in [0.1, 0.15) is 25.0 Å². The fourth-order valence-corrected chi connectivity index (χ4v) is 3.51. The van der Waals surface area contributed by atoms with Gasteiger partial charge in [0.15, 0.2) is 0 Å². The maximum Gasteiger partial charge on any atom is 0.249 e. The quantitative estimate of drug-likeness (QED) is 0.916. The van der Waals surface area contributed by atoms with E-state index in [4.69, 9.17) is 9.15 Å². The van der Waals surface area contributed by atoms with Crippen molar-refractivity contribution in [2.45, 2.75) is 44.1 Å². The number of hydrogen-bond donors (Lipinski definition) is 1. The van der Waals surface area contributed by atoms with Crippen LogP contribution in [0.2, 0.25) is 0 Å². The molecule has 2 aromatic rings. The van der Waals surface area contributed by atoms with Gasteiger partial charge in [-0.2, -0.15) is 0 Å². The first-order valence-corrected chi connectivity index (χ1v) is 8.30. The Balaban J connectivity index is 1.34. The number of rotatable bonds is 4. The second-order valence-corrected chi connectivity index (χ2v) is 6.14. The number of hydrogen-bond acceptors (Lipinski definition) is 6. The third kappa shape index (κ3) is 2.99. The number of fused-ring (bicyclic) bond motifs is 1. The molecule has 2 aromatic heterocycles. The minimum absolute atomic E-state index is 0.0573. The molecule has 2 aliphatic rings. The molecule has 7 heteroatoms. The van der Waals surface area contributed by atoms with E-state index in [0.717, 1.165) is 31.1 Å². The van der Waals surface area contributed by atoms with Gasteiger partial charge in [-0.05, 0) is 37.5 Å². The number of carbonyl (C=O) groups is 1. The summed E-state index contributed by atoms with van der Waals surface area (Å²) in [4.78, 5) is 23.2. The van der Waals surface area contributed by atoms with Crippen LogP contribution in [0.4, 0.5) is 5.95 Å². The molecule has 3 atom stereocenters. The van der Waals surface area contributed by atoms with E-state index in [2.05, 4.69) is 20.2 Å². The summed E-state index contributed by atoms with van der Waals surface area (Å²) in [6.45, 7) is 1.25. The van der Waals surface area contributed by atoms with Crippen molar-refractivity contribution in [1.29, 1.82) is 0 Å². The summed E-state index contributed by atoms with van der Waals surface area (Å²) in [5.41, 5.74) is 0. The predicted octanol–water partition coefficient (Wildman–Crippen LogP) is 1.51. The molecule has 2 fully saturated rings. The van der Waals surface area contributed by atoms with E-state index in [1.807, 2.05) is 18.2 Å². The molecule has 0 unspecified atom stereocenters. The number of carbonyl (C=O) groups excluding carboxylic acids is 1. The molecule has 4 rings (SSSR count). The smallest absolute Gasteiger partial charge is 0.249 e. The van der Waals surface area contributed by atoms with Crippen LogP contribution in [0.25, 0.3) is 0 Å². The van der Waals surface area contributed by atoms with Gasteiger partial charge in [0.25, 0.3) is 0 Å². The van der Waals surface area contributed by atoms with Crippen LogP contribution in [0, 0.1) is 0 Å². The molecule has 0 saturated carbocycles. The van der Waals surface area contributed by atoms with Crippen LogP contribution < -0.4 is 10.2 Å². The largest absolute Gasteiger partial charge is 0.467 e. The van der Waals surface area contributed by atoms with Crippen LogP contribution >= 0.6 is 0 Å². The highest BCUT2D eigenvalue weighted by atomic mass is 16.5. The van der Waals surface area contributed by atoms with E-state index >= 15 is 0 Å². The highest BCUT2D eigenvalue weighted by molar-refractivity contribution is 5.80. The van der Waals surface area contributed by atoms with Crippen molar-refractivity contribution >= 4 is 11.9 Å². The van der Waals surface area contributed by atoms with Crippen molar-refractivity contribution in [2.75, 3.05) is 11.4 Å². The van der Waals surface area contributed by atoms with Crippen LogP contribution in [0.5, 0.6) is 0 Å². The third-order valence-corrected chi connectivity index (χ3v) is 4.67. The van der Waals surface area contributed by atoms with Gasteiger partial charge in [0.05, 0.1) is 25.0 Å². The van der Waals surface area contributed by atoms with Crippen molar-refractivity contribution in [2.24, 2.45) is 0 Å². The first-order valence-electron chi connectivity index (χ1n) is 8.30. The van der Waals surface area contributed by atoms with Crippen molar-refractivity contribution in [3.8, 4) is 0 Å². The molecule has 1 amide bonds. The summed E-state index contributed by atoms with van der Waals surface area (Å²) in [5, 5.41) is 2.88. The number of furan rings is 1. The number of aromatic nitrogens is 2. The van der Waals surface area contributed by atoms with Crippen molar-refractivity contribution in [1.82, 2.24) is 15.3 Å². The van der Waals surface area contributed by atoms with E-state index < -0.39 is 6.10 Å². The first-order chi connectivity index (χ1) is 11.8. The Hall–Kier alpha value is -2.41. The molecule has 2 aliphatic heterocycles. The fraction of sp³-hybridized carbons (Fsp3) is 0.471. The van der Waals surface area contributed by atoms with E-state index in [1.165, 1.54) is 0 Å². The van der Waals surface area contributed by atoms with Gasteiger partial charge in [0.2, 0.25) is 11.9 Å². The zero-order chi connectivity index (χ0) is 16.4. The summed E-state index contributed by atoms with van der Waals surface area (Å²) in [7, 11) is 0. The summed E-state index contributed by atoms with van der Waals surface area (Å²) in [5.74, 6) is 1.42. The molecule has 0 aromatic carbocycles. The molecule has 0 radical (unpaired) electrons. The Labute approximate surface area is 140 Å². The standard InChI is InChI=1S/C17H20N4O3/c22-16(20-11-12-3-1-10-23-12)15-5-4-13-14(24-15)6-9-21(13)17-18-7-2-8-19-17/h1-3,7-8,10,13-15H,4-6,9,11H2,(H,20,22)/t13-,14-,15-/m0/s1. The van der Waals surface area contributed by atoms with Gasteiger partial charge < -0.3 is 19.4 Å². The average Bonchev–Trinajstić information content (AvgIpc) is 3.29. The third-order valence-electron chi connectivity index (χ3n) is 4.67. The van der Waals surface area contributed by atoms with Gasteiger partial charge in [-0.1, -0.05) is 0 Å². The Morgan fingerprint density at radius 2 is 2.12 bits per heavy atom. The predicted molar refractivity (Wildman–Crippen MR) is 86.2 cm³/mol. The zero-order valence-corrected chi connectivity index (χ0v) is 13.3. The van der Waals surface area contributed by atoms with Gasteiger partial charge in [0, 0.05) is 18.9 Å². The number of ether oxygens (including phenoxy) is 1. The molecule has 7 nitrogen and oxygen atoms in total. The maximum absolute atomic E-state index is 12.3. The number of amides is 1. The van der Waals surface area contributed by atoms with Gasteiger partial charge in [-0.15, -0.1) is 0 Å².